The highest BCUT2D eigenvalue weighted by Gasteiger charge is 2.37. The first-order valence-corrected chi connectivity index (χ1v) is 8.91. The summed E-state index contributed by atoms with van der Waals surface area (Å²) in [6, 6.07) is 14.3. The molecule has 1 heterocycles. The number of imide groups is 1. The van der Waals surface area contributed by atoms with Gasteiger partial charge in [-0.3, -0.25) is 24.5 Å². The summed E-state index contributed by atoms with van der Waals surface area (Å²) in [5.41, 5.74) is -0.234. The molecule has 0 bridgehead atoms. The van der Waals surface area contributed by atoms with E-state index in [2.05, 4.69) is 0 Å². The van der Waals surface area contributed by atoms with Crippen LogP contribution in [0.5, 0.6) is 0 Å². The number of aromatic carboxylic acids is 1. The molecule has 4 rings (SSSR count). The fourth-order valence-corrected chi connectivity index (χ4v) is 3.32. The molecule has 9 nitrogen and oxygen atoms in total. The smallest absolute Gasteiger partial charge is 0.270 e. The number of non-ortho nitro benzene ring substituents is 1. The number of hydrogen-bond donors (Lipinski definition) is 0. The average Bonchev–Trinajstić information content (AvgIpc) is 3.02. The lowest BCUT2D eigenvalue weighted by Gasteiger charge is -2.15. The van der Waals surface area contributed by atoms with Crippen molar-refractivity contribution < 1.29 is 29.2 Å². The largest absolute Gasteiger partial charge is 0.545 e. The number of nitro benzene ring substituents is 1. The number of carboxylic acid groups (broad SMARTS) is 1. The zero-order chi connectivity index (χ0) is 22.3. The Morgan fingerprint density at radius 3 is 2.13 bits per heavy atom. The van der Waals surface area contributed by atoms with Gasteiger partial charge in [0.25, 0.3) is 17.5 Å². The maximum absolute atomic E-state index is 12.9. The predicted octanol–water partition coefficient (Wildman–Crippen LogP) is 1.99. The fraction of sp³-hybridized carbons (Fsp3) is 0. The summed E-state index contributed by atoms with van der Waals surface area (Å²) < 4.78 is 0. The molecule has 3 aromatic carbocycles. The summed E-state index contributed by atoms with van der Waals surface area (Å²) >= 11 is 0. The van der Waals surface area contributed by atoms with Crippen molar-refractivity contribution in [3.63, 3.8) is 0 Å². The summed E-state index contributed by atoms with van der Waals surface area (Å²) in [6.07, 6.45) is 0. The molecule has 3 aromatic rings. The molecule has 0 aliphatic carbocycles. The van der Waals surface area contributed by atoms with Gasteiger partial charge in [-0.1, -0.05) is 30.3 Å². The van der Waals surface area contributed by atoms with E-state index in [1.165, 1.54) is 54.6 Å². The highest BCUT2D eigenvalue weighted by atomic mass is 16.6. The van der Waals surface area contributed by atoms with Crippen LogP contribution in [0.1, 0.15) is 47.0 Å². The van der Waals surface area contributed by atoms with Crippen molar-refractivity contribution in [3.05, 3.63) is 105 Å². The maximum Gasteiger partial charge on any atom is 0.270 e. The third kappa shape index (κ3) is 3.33. The number of anilines is 1. The number of ketones is 1. The number of carbonyl (C=O) groups excluding carboxylic acids is 4. The first kappa shape index (κ1) is 19.6. The average molecular weight is 415 g/mol. The van der Waals surface area contributed by atoms with Gasteiger partial charge in [-0.15, -0.1) is 0 Å². The lowest BCUT2D eigenvalue weighted by atomic mass is 9.99. The first-order chi connectivity index (χ1) is 14.8. The van der Waals surface area contributed by atoms with Crippen LogP contribution < -0.4 is 10.0 Å². The molecule has 0 unspecified atom stereocenters. The van der Waals surface area contributed by atoms with Gasteiger partial charge < -0.3 is 9.90 Å². The number of fused-ring (bicyclic) bond motifs is 1. The third-order valence-corrected chi connectivity index (χ3v) is 4.81. The number of nitrogens with zero attached hydrogens (tertiary/aromatic N) is 2. The Hall–Kier alpha value is -4.66. The number of amides is 2. The van der Waals surface area contributed by atoms with Crippen molar-refractivity contribution in [3.8, 4) is 0 Å². The van der Waals surface area contributed by atoms with Gasteiger partial charge in [0, 0.05) is 23.3 Å². The van der Waals surface area contributed by atoms with Gasteiger partial charge in [0.15, 0.2) is 5.78 Å². The molecule has 152 valence electrons. The molecule has 0 aromatic heterocycles. The molecule has 1 aliphatic heterocycles. The Morgan fingerprint density at radius 1 is 0.774 bits per heavy atom. The van der Waals surface area contributed by atoms with Crippen LogP contribution in [0, 0.1) is 10.1 Å². The monoisotopic (exact) mass is 415 g/mol. The zero-order valence-electron chi connectivity index (χ0n) is 15.6. The number of carbonyl (C=O) groups is 4. The van der Waals surface area contributed by atoms with Crippen molar-refractivity contribution in [1.82, 2.24) is 0 Å². The van der Waals surface area contributed by atoms with Crippen LogP contribution in [0.15, 0.2) is 66.7 Å². The van der Waals surface area contributed by atoms with Crippen LogP contribution in [0.25, 0.3) is 0 Å². The molecule has 0 radical (unpaired) electrons. The summed E-state index contributed by atoms with van der Waals surface area (Å²) in [4.78, 5) is 60.6. The van der Waals surface area contributed by atoms with Gasteiger partial charge in [0.1, 0.15) is 0 Å². The van der Waals surface area contributed by atoms with Crippen molar-refractivity contribution in [1.29, 1.82) is 0 Å². The van der Waals surface area contributed by atoms with Gasteiger partial charge in [0.2, 0.25) is 0 Å². The van der Waals surface area contributed by atoms with Crippen LogP contribution in [0.3, 0.4) is 0 Å². The standard InChI is InChI=1S/C22H12N2O7/c25-19(12-3-1-6-16(9-12)24(30)31)13-7-8-17-18(11-13)21(27)23(20(17)26)15-5-2-4-14(10-15)22(28)29/h1-11H,(H,28,29)/p-1. The van der Waals surface area contributed by atoms with Crippen LogP contribution in [-0.4, -0.2) is 28.5 Å². The van der Waals surface area contributed by atoms with Crippen LogP contribution in [0.4, 0.5) is 11.4 Å². The summed E-state index contributed by atoms with van der Waals surface area (Å²) in [7, 11) is 0. The second kappa shape index (κ2) is 7.30. The second-order valence-corrected chi connectivity index (χ2v) is 6.68. The highest BCUT2D eigenvalue weighted by Crippen LogP contribution is 2.30. The molecular weight excluding hydrogens is 404 g/mol. The van der Waals surface area contributed by atoms with E-state index in [9.17, 15) is 34.4 Å². The van der Waals surface area contributed by atoms with Crippen molar-refractivity contribution in [2.75, 3.05) is 4.90 Å². The molecule has 1 aliphatic rings. The van der Waals surface area contributed by atoms with Gasteiger partial charge in [-0.2, -0.15) is 0 Å². The molecule has 0 saturated carbocycles. The lowest BCUT2D eigenvalue weighted by Crippen LogP contribution is -2.30. The zero-order valence-corrected chi connectivity index (χ0v) is 15.6. The predicted molar refractivity (Wildman–Crippen MR) is 105 cm³/mol. The molecule has 0 fully saturated rings. The van der Waals surface area contributed by atoms with Gasteiger partial charge in [0.05, 0.1) is 27.7 Å². The third-order valence-electron chi connectivity index (χ3n) is 4.81. The number of rotatable bonds is 5. The van der Waals surface area contributed by atoms with Gasteiger partial charge in [-0.25, -0.2) is 4.90 Å². The second-order valence-electron chi connectivity index (χ2n) is 6.68. The van der Waals surface area contributed by atoms with E-state index in [0.29, 0.717) is 0 Å². The molecule has 9 heteroatoms. The van der Waals surface area contributed by atoms with Crippen LogP contribution in [-0.2, 0) is 0 Å². The topological polar surface area (TPSA) is 138 Å². The normalized spacial score (nSPS) is 12.6. The minimum Gasteiger partial charge on any atom is -0.545 e. The van der Waals surface area contributed by atoms with E-state index in [4.69, 9.17) is 0 Å². The van der Waals surface area contributed by atoms with Crippen molar-refractivity contribution in [2.24, 2.45) is 0 Å². The van der Waals surface area contributed by atoms with Crippen LogP contribution >= 0.6 is 0 Å². The minimum atomic E-state index is -1.46. The number of nitro groups is 1. The lowest BCUT2D eigenvalue weighted by molar-refractivity contribution is -0.384. The quantitative estimate of drug-likeness (QED) is 0.269. The van der Waals surface area contributed by atoms with Gasteiger partial charge in [-0.05, 0) is 29.8 Å². The van der Waals surface area contributed by atoms with E-state index in [1.807, 2.05) is 0 Å². The molecule has 0 saturated heterocycles. The molecule has 0 N–H and O–H groups in total. The molecule has 0 spiro atoms. The Morgan fingerprint density at radius 2 is 1.42 bits per heavy atom. The summed E-state index contributed by atoms with van der Waals surface area (Å²) in [5, 5.41) is 22.0. The molecule has 0 atom stereocenters. The van der Waals surface area contributed by atoms with Crippen LogP contribution in [0.2, 0.25) is 0 Å². The molecular formula is C22H11N2O7-. The van der Waals surface area contributed by atoms with E-state index in [0.717, 1.165) is 17.0 Å². The first-order valence-electron chi connectivity index (χ1n) is 8.91. The van der Waals surface area contributed by atoms with E-state index < -0.39 is 28.5 Å². The van der Waals surface area contributed by atoms with Gasteiger partial charge >= 0.3 is 0 Å². The Balaban J connectivity index is 1.71. The highest BCUT2D eigenvalue weighted by molar-refractivity contribution is 6.35. The summed E-state index contributed by atoms with van der Waals surface area (Å²) in [6.45, 7) is 0. The molecule has 31 heavy (non-hydrogen) atoms. The maximum atomic E-state index is 12.9. The number of hydrogen-bond acceptors (Lipinski definition) is 7. The van der Waals surface area contributed by atoms with Crippen molar-refractivity contribution in [2.45, 2.75) is 0 Å². The minimum absolute atomic E-state index is 0.0277. The van der Waals surface area contributed by atoms with E-state index in [-0.39, 0.29) is 39.2 Å². The van der Waals surface area contributed by atoms with E-state index >= 15 is 0 Å². The Kier molecular flexibility index (Phi) is 4.63. The summed E-state index contributed by atoms with van der Waals surface area (Å²) in [5.74, 6) is -3.39. The van der Waals surface area contributed by atoms with Crippen molar-refractivity contribution >= 4 is 34.9 Å². The SMILES string of the molecule is O=C([O-])c1cccc(N2C(=O)c3ccc(C(=O)c4cccc([N+](=O)[O-])c4)cc3C2=O)c1. The number of carboxylic acids is 1. The Labute approximate surface area is 174 Å². The fourth-order valence-electron chi connectivity index (χ4n) is 3.32. The number of benzene rings is 3. The Bertz CT molecular complexity index is 1310. The molecule has 2 amide bonds. The van der Waals surface area contributed by atoms with E-state index in [1.54, 1.807) is 0 Å².